The summed E-state index contributed by atoms with van der Waals surface area (Å²) in [4.78, 5) is 14.2. The van der Waals surface area contributed by atoms with E-state index in [0.717, 1.165) is 5.56 Å². The summed E-state index contributed by atoms with van der Waals surface area (Å²) in [6.07, 6.45) is 1.61. The minimum Gasteiger partial charge on any atom is -0.355 e. The van der Waals surface area contributed by atoms with Crippen molar-refractivity contribution in [2.75, 3.05) is 5.75 Å². The molecule has 0 atom stereocenters. The molecule has 0 amide bonds. The van der Waals surface area contributed by atoms with Crippen molar-refractivity contribution in [1.29, 1.82) is 0 Å². The van der Waals surface area contributed by atoms with E-state index in [0.29, 0.717) is 17.5 Å². The molecule has 17 heavy (non-hydrogen) atoms. The fraction of sp³-hybridized carbons (Fsp3) is 0.333. The molecule has 0 unspecified atom stereocenters. The van der Waals surface area contributed by atoms with E-state index in [1.54, 1.807) is 18.3 Å². The number of hydrogen-bond acceptors (Lipinski definition) is 4. The van der Waals surface area contributed by atoms with Crippen molar-refractivity contribution in [2.24, 2.45) is 5.10 Å². The number of nitrogens with zero attached hydrogens (tertiary/aromatic N) is 3. The highest BCUT2D eigenvalue weighted by Gasteiger charge is 2.04. The Morgan fingerprint density at radius 1 is 1.71 bits per heavy atom. The fourth-order valence-electron chi connectivity index (χ4n) is 1.01. The van der Waals surface area contributed by atoms with E-state index in [1.165, 1.54) is 11.8 Å². The lowest BCUT2D eigenvalue weighted by atomic mass is 10.3. The fourth-order valence-corrected chi connectivity index (χ4v) is 1.70. The number of nitro groups is 1. The molecule has 1 N–H and O–H groups in total. The molecule has 6 nitrogen and oxygen atoms in total. The molecular formula is C9H11ClN4O2S. The normalized spacial score (nSPS) is 11.3. The van der Waals surface area contributed by atoms with Crippen molar-refractivity contribution in [3.63, 3.8) is 0 Å². The van der Waals surface area contributed by atoms with Crippen LogP contribution in [-0.2, 0) is 6.54 Å². The highest BCUT2D eigenvalue weighted by atomic mass is 35.5. The molecule has 0 radical (unpaired) electrons. The number of hydrazone groups is 1. The van der Waals surface area contributed by atoms with Crippen LogP contribution in [0.25, 0.3) is 0 Å². The summed E-state index contributed by atoms with van der Waals surface area (Å²) in [5.41, 5.74) is 0.877. The van der Waals surface area contributed by atoms with Gasteiger partial charge in [-0.3, -0.25) is 0 Å². The van der Waals surface area contributed by atoms with Crippen LogP contribution in [0.15, 0.2) is 23.4 Å². The van der Waals surface area contributed by atoms with E-state index in [2.05, 4.69) is 15.4 Å². The van der Waals surface area contributed by atoms with Gasteiger partial charge in [0.25, 0.3) is 0 Å². The van der Waals surface area contributed by atoms with Gasteiger partial charge in [-0.1, -0.05) is 36.4 Å². The van der Waals surface area contributed by atoms with E-state index in [9.17, 15) is 10.1 Å². The van der Waals surface area contributed by atoms with Gasteiger partial charge in [-0.2, -0.15) is 0 Å². The zero-order valence-corrected chi connectivity index (χ0v) is 10.7. The molecule has 0 fully saturated rings. The molecule has 0 saturated heterocycles. The molecule has 0 aliphatic rings. The number of amidine groups is 1. The van der Waals surface area contributed by atoms with Gasteiger partial charge in [-0.05, 0) is 17.4 Å². The van der Waals surface area contributed by atoms with Crippen molar-refractivity contribution < 1.29 is 5.03 Å². The number of pyridine rings is 1. The molecular weight excluding hydrogens is 264 g/mol. The Hall–Kier alpha value is -1.34. The Morgan fingerprint density at radius 2 is 2.47 bits per heavy atom. The van der Waals surface area contributed by atoms with Crippen LogP contribution in [0.4, 0.5) is 0 Å². The number of halogens is 1. The smallest absolute Gasteiger partial charge is 0.235 e. The van der Waals surface area contributed by atoms with Crippen LogP contribution in [0, 0.1) is 10.1 Å². The molecule has 8 heteroatoms. The predicted molar refractivity (Wildman–Crippen MR) is 68.6 cm³/mol. The van der Waals surface area contributed by atoms with E-state index in [1.807, 2.05) is 6.92 Å². The largest absolute Gasteiger partial charge is 0.355 e. The van der Waals surface area contributed by atoms with Crippen LogP contribution >= 0.6 is 23.4 Å². The molecule has 92 valence electrons. The average Bonchev–Trinajstić information content (AvgIpc) is 2.27. The van der Waals surface area contributed by atoms with E-state index < -0.39 is 5.03 Å². The Morgan fingerprint density at radius 3 is 3.00 bits per heavy atom. The SMILES string of the molecule is CCSC(=N[N+](=O)[O-])NCc1ccc(Cl)nc1. The molecule has 1 heterocycles. The van der Waals surface area contributed by atoms with Crippen LogP contribution in [0.1, 0.15) is 12.5 Å². The molecule has 1 rings (SSSR count). The summed E-state index contributed by atoms with van der Waals surface area (Å²) in [5.74, 6) is 0.707. The van der Waals surface area contributed by atoms with Crippen LogP contribution in [-0.4, -0.2) is 20.9 Å². The van der Waals surface area contributed by atoms with Gasteiger partial charge in [-0.25, -0.2) is 15.1 Å². The minimum absolute atomic E-state index is 0.285. The summed E-state index contributed by atoms with van der Waals surface area (Å²) >= 11 is 6.92. The van der Waals surface area contributed by atoms with Gasteiger partial charge in [0.2, 0.25) is 5.17 Å². The number of thioether (sulfide) groups is 1. The third-order valence-electron chi connectivity index (χ3n) is 1.69. The molecule has 0 aliphatic carbocycles. The van der Waals surface area contributed by atoms with Crippen molar-refractivity contribution in [3.8, 4) is 0 Å². The second-order valence-corrected chi connectivity index (χ2v) is 4.56. The zero-order valence-electron chi connectivity index (χ0n) is 9.09. The Kier molecular flexibility index (Phi) is 5.71. The zero-order chi connectivity index (χ0) is 12.7. The average molecular weight is 275 g/mol. The summed E-state index contributed by atoms with van der Waals surface area (Å²) in [6.45, 7) is 2.31. The molecule has 0 saturated carbocycles. The van der Waals surface area contributed by atoms with Gasteiger partial charge < -0.3 is 5.32 Å². The molecule has 0 aliphatic heterocycles. The lowest BCUT2D eigenvalue weighted by molar-refractivity contribution is -0.484. The van der Waals surface area contributed by atoms with E-state index in [-0.39, 0.29) is 5.17 Å². The van der Waals surface area contributed by atoms with E-state index >= 15 is 0 Å². The van der Waals surface area contributed by atoms with Crippen molar-refractivity contribution >= 4 is 28.5 Å². The maximum Gasteiger partial charge on any atom is 0.235 e. The van der Waals surface area contributed by atoms with Gasteiger partial charge >= 0.3 is 0 Å². The van der Waals surface area contributed by atoms with Gasteiger partial charge in [0.05, 0.1) is 5.10 Å². The second-order valence-electron chi connectivity index (χ2n) is 2.92. The summed E-state index contributed by atoms with van der Waals surface area (Å²) in [5, 5.41) is 16.4. The van der Waals surface area contributed by atoms with Gasteiger partial charge in [0.1, 0.15) is 5.15 Å². The third kappa shape index (κ3) is 5.50. The van der Waals surface area contributed by atoms with Crippen LogP contribution in [0.2, 0.25) is 5.15 Å². The quantitative estimate of drug-likeness (QED) is 0.299. The van der Waals surface area contributed by atoms with Gasteiger partial charge in [0.15, 0.2) is 5.03 Å². The summed E-state index contributed by atoms with van der Waals surface area (Å²) in [7, 11) is 0. The molecule has 1 aromatic rings. The molecule has 0 spiro atoms. The highest BCUT2D eigenvalue weighted by Crippen LogP contribution is 2.06. The lowest BCUT2D eigenvalue weighted by Crippen LogP contribution is -2.21. The van der Waals surface area contributed by atoms with Gasteiger partial charge in [-0.15, -0.1) is 0 Å². The number of aromatic nitrogens is 1. The first-order valence-electron chi connectivity index (χ1n) is 4.82. The molecule has 1 aromatic heterocycles. The standard InChI is InChI=1S/C9H11ClN4O2S/c1-2-17-9(13-14(15)16)12-6-7-3-4-8(10)11-5-7/h3-5H,2,6H2,1H3,(H,12,13). The van der Waals surface area contributed by atoms with E-state index in [4.69, 9.17) is 11.6 Å². The minimum atomic E-state index is -0.717. The van der Waals surface area contributed by atoms with Crippen molar-refractivity contribution in [3.05, 3.63) is 39.2 Å². The van der Waals surface area contributed by atoms with Crippen LogP contribution in [0.3, 0.4) is 0 Å². The maximum absolute atomic E-state index is 10.3. The number of nitrogens with one attached hydrogen (secondary N) is 1. The van der Waals surface area contributed by atoms with Crippen LogP contribution < -0.4 is 5.32 Å². The summed E-state index contributed by atoms with van der Waals surface area (Å²) in [6, 6.07) is 3.46. The number of hydrogen-bond donors (Lipinski definition) is 1. The maximum atomic E-state index is 10.3. The Labute approximate surface area is 108 Å². The first-order chi connectivity index (χ1) is 8.11. The lowest BCUT2D eigenvalue weighted by Gasteiger charge is -2.05. The number of rotatable bonds is 4. The van der Waals surface area contributed by atoms with Crippen molar-refractivity contribution in [2.45, 2.75) is 13.5 Å². The predicted octanol–water partition coefficient (Wildman–Crippen LogP) is 2.13. The Balaban J connectivity index is 2.57. The topological polar surface area (TPSA) is 80.4 Å². The van der Waals surface area contributed by atoms with Crippen molar-refractivity contribution in [1.82, 2.24) is 10.3 Å². The first kappa shape index (κ1) is 13.7. The molecule has 0 bridgehead atoms. The second kappa shape index (κ2) is 7.08. The third-order valence-corrected chi connectivity index (χ3v) is 2.70. The van der Waals surface area contributed by atoms with Crippen LogP contribution in [0.5, 0.6) is 0 Å². The monoisotopic (exact) mass is 274 g/mol. The Bertz CT molecular complexity index is 410. The molecule has 0 aromatic carbocycles. The summed E-state index contributed by atoms with van der Waals surface area (Å²) < 4.78 is 0. The van der Waals surface area contributed by atoms with Gasteiger partial charge in [0, 0.05) is 12.7 Å². The first-order valence-corrected chi connectivity index (χ1v) is 6.18. The highest BCUT2D eigenvalue weighted by molar-refractivity contribution is 8.13.